The fourth-order valence-corrected chi connectivity index (χ4v) is 1.37. The summed E-state index contributed by atoms with van der Waals surface area (Å²) in [7, 11) is 0. The van der Waals surface area contributed by atoms with Crippen molar-refractivity contribution in [3.8, 4) is 0 Å². The number of hydrogen-bond donors (Lipinski definition) is 1. The average Bonchev–Trinajstić information content (AvgIpc) is 2.14. The highest BCUT2D eigenvalue weighted by atomic mass is 16.5. The van der Waals surface area contributed by atoms with E-state index in [1.807, 2.05) is 6.92 Å². The minimum Gasteiger partial charge on any atom is -0.466 e. The third-order valence-electron chi connectivity index (χ3n) is 2.22. The van der Waals surface area contributed by atoms with Crippen LogP contribution in [0.1, 0.15) is 33.1 Å². The molecule has 1 N–H and O–H groups in total. The minimum atomic E-state index is -0.614. The van der Waals surface area contributed by atoms with Crippen molar-refractivity contribution in [1.82, 2.24) is 0 Å². The number of rotatable bonds is 7. The van der Waals surface area contributed by atoms with Crippen LogP contribution in [0.2, 0.25) is 0 Å². The molecule has 0 heterocycles. The molecule has 0 aromatic carbocycles. The van der Waals surface area contributed by atoms with Crippen LogP contribution in [0.15, 0.2) is 12.7 Å². The lowest BCUT2D eigenvalue weighted by atomic mass is 9.94. The van der Waals surface area contributed by atoms with Crippen molar-refractivity contribution in [2.24, 2.45) is 5.92 Å². The van der Waals surface area contributed by atoms with Crippen molar-refractivity contribution in [2.45, 2.75) is 39.2 Å². The van der Waals surface area contributed by atoms with E-state index < -0.39 is 6.10 Å². The molecule has 0 spiro atoms. The van der Waals surface area contributed by atoms with Gasteiger partial charge in [0.2, 0.25) is 0 Å². The Hall–Kier alpha value is -0.830. The molecule has 0 aromatic rings. The first-order valence-corrected chi connectivity index (χ1v) is 5.10. The minimum absolute atomic E-state index is 0.0835. The number of aliphatic hydroxyl groups is 1. The molecule has 0 saturated heterocycles. The lowest BCUT2D eigenvalue weighted by Crippen LogP contribution is -2.24. The molecule has 2 unspecified atom stereocenters. The first-order valence-electron chi connectivity index (χ1n) is 5.10. The van der Waals surface area contributed by atoms with E-state index in [2.05, 4.69) is 6.58 Å². The van der Waals surface area contributed by atoms with E-state index >= 15 is 0 Å². The lowest BCUT2D eigenvalue weighted by molar-refractivity contribution is -0.146. The Morgan fingerprint density at radius 1 is 1.57 bits per heavy atom. The molecule has 14 heavy (non-hydrogen) atoms. The van der Waals surface area contributed by atoms with Gasteiger partial charge in [-0.2, -0.15) is 0 Å². The molecule has 0 aliphatic carbocycles. The van der Waals surface area contributed by atoms with E-state index in [1.165, 1.54) is 0 Å². The third kappa shape index (κ3) is 5.02. The van der Waals surface area contributed by atoms with Gasteiger partial charge < -0.3 is 9.84 Å². The third-order valence-corrected chi connectivity index (χ3v) is 2.22. The van der Waals surface area contributed by atoms with Gasteiger partial charge >= 0.3 is 5.97 Å². The molecule has 3 heteroatoms. The van der Waals surface area contributed by atoms with Gasteiger partial charge in [-0.05, 0) is 19.3 Å². The van der Waals surface area contributed by atoms with Crippen molar-refractivity contribution in [3.05, 3.63) is 12.7 Å². The molecule has 0 fully saturated rings. The molecule has 82 valence electrons. The second kappa shape index (κ2) is 7.56. The van der Waals surface area contributed by atoms with E-state index in [4.69, 9.17) is 4.74 Å². The summed E-state index contributed by atoms with van der Waals surface area (Å²) in [4.78, 5) is 11.1. The zero-order valence-corrected chi connectivity index (χ0v) is 9.03. The van der Waals surface area contributed by atoms with Crippen LogP contribution in [-0.2, 0) is 9.53 Å². The normalized spacial score (nSPS) is 14.5. The summed E-state index contributed by atoms with van der Waals surface area (Å²) >= 11 is 0. The van der Waals surface area contributed by atoms with Gasteiger partial charge in [-0.15, -0.1) is 6.58 Å². The Morgan fingerprint density at radius 2 is 2.21 bits per heavy atom. The molecule has 2 atom stereocenters. The van der Waals surface area contributed by atoms with Gasteiger partial charge in [-0.1, -0.05) is 19.4 Å². The van der Waals surface area contributed by atoms with Crippen molar-refractivity contribution >= 4 is 5.97 Å². The molecule has 0 bridgehead atoms. The number of ether oxygens (including phenoxy) is 1. The Bertz CT molecular complexity index is 177. The van der Waals surface area contributed by atoms with Crippen LogP contribution in [0.3, 0.4) is 0 Å². The van der Waals surface area contributed by atoms with Crippen LogP contribution in [0.4, 0.5) is 0 Å². The Balaban J connectivity index is 3.95. The number of hydrogen-bond acceptors (Lipinski definition) is 3. The van der Waals surface area contributed by atoms with Crippen LogP contribution < -0.4 is 0 Å². The molecular weight excluding hydrogens is 180 g/mol. The predicted molar refractivity (Wildman–Crippen MR) is 55.9 cm³/mol. The standard InChI is InChI=1S/C11H20O3/c1-4-7-9(5-2)10(12)8-11(13)14-6-3/h4,9-10,12H,1,5-8H2,2-3H3. The topological polar surface area (TPSA) is 46.5 Å². The van der Waals surface area contributed by atoms with E-state index in [-0.39, 0.29) is 18.3 Å². The second-order valence-corrected chi connectivity index (χ2v) is 3.27. The quantitative estimate of drug-likeness (QED) is 0.504. The van der Waals surface area contributed by atoms with Gasteiger partial charge in [0.25, 0.3) is 0 Å². The summed E-state index contributed by atoms with van der Waals surface area (Å²) in [5, 5.41) is 9.69. The summed E-state index contributed by atoms with van der Waals surface area (Å²) in [6, 6.07) is 0. The maximum Gasteiger partial charge on any atom is 0.308 e. The molecule has 0 saturated carbocycles. The van der Waals surface area contributed by atoms with E-state index in [0.29, 0.717) is 6.61 Å². The first-order chi connectivity index (χ1) is 6.65. The Labute approximate surface area is 85.8 Å². The zero-order valence-electron chi connectivity index (χ0n) is 9.03. The average molecular weight is 200 g/mol. The molecule has 0 amide bonds. The van der Waals surface area contributed by atoms with E-state index in [0.717, 1.165) is 12.8 Å². The predicted octanol–water partition coefficient (Wildman–Crippen LogP) is 1.90. The van der Waals surface area contributed by atoms with Gasteiger partial charge in [-0.25, -0.2) is 0 Å². The fourth-order valence-electron chi connectivity index (χ4n) is 1.37. The summed E-state index contributed by atoms with van der Waals surface area (Å²) < 4.78 is 4.76. The smallest absolute Gasteiger partial charge is 0.308 e. The second-order valence-electron chi connectivity index (χ2n) is 3.27. The fraction of sp³-hybridized carbons (Fsp3) is 0.727. The lowest BCUT2D eigenvalue weighted by Gasteiger charge is -2.19. The summed E-state index contributed by atoms with van der Waals surface area (Å²) in [5.41, 5.74) is 0. The van der Waals surface area contributed by atoms with E-state index in [9.17, 15) is 9.90 Å². The Morgan fingerprint density at radius 3 is 2.64 bits per heavy atom. The van der Waals surface area contributed by atoms with Crippen LogP contribution in [0.5, 0.6) is 0 Å². The summed E-state index contributed by atoms with van der Waals surface area (Å²) in [6.07, 6.45) is 2.81. The SMILES string of the molecule is C=CCC(CC)C(O)CC(=O)OCC. The number of aliphatic hydroxyl groups excluding tert-OH is 1. The van der Waals surface area contributed by atoms with Crippen molar-refractivity contribution in [3.63, 3.8) is 0 Å². The maximum atomic E-state index is 11.1. The van der Waals surface area contributed by atoms with Crippen molar-refractivity contribution in [2.75, 3.05) is 6.61 Å². The van der Waals surface area contributed by atoms with Gasteiger partial charge in [0.05, 0.1) is 19.1 Å². The van der Waals surface area contributed by atoms with Gasteiger partial charge in [0.1, 0.15) is 0 Å². The molecule has 0 aromatic heterocycles. The highest BCUT2D eigenvalue weighted by Gasteiger charge is 2.19. The van der Waals surface area contributed by atoms with Crippen LogP contribution in [0.25, 0.3) is 0 Å². The monoisotopic (exact) mass is 200 g/mol. The maximum absolute atomic E-state index is 11.1. The number of carbonyl (C=O) groups is 1. The van der Waals surface area contributed by atoms with Crippen molar-refractivity contribution in [1.29, 1.82) is 0 Å². The molecule has 0 rings (SSSR count). The number of allylic oxidation sites excluding steroid dienone is 1. The highest BCUT2D eigenvalue weighted by molar-refractivity contribution is 5.69. The van der Waals surface area contributed by atoms with Gasteiger partial charge in [0.15, 0.2) is 0 Å². The number of esters is 1. The largest absolute Gasteiger partial charge is 0.466 e. The molecular formula is C11H20O3. The van der Waals surface area contributed by atoms with Gasteiger partial charge in [0, 0.05) is 0 Å². The number of carbonyl (C=O) groups excluding carboxylic acids is 1. The van der Waals surface area contributed by atoms with E-state index in [1.54, 1.807) is 13.0 Å². The zero-order chi connectivity index (χ0) is 11.0. The molecule has 0 aliphatic rings. The molecule has 0 aliphatic heterocycles. The summed E-state index contributed by atoms with van der Waals surface area (Å²) in [6.45, 7) is 7.73. The Kier molecular flexibility index (Phi) is 7.11. The van der Waals surface area contributed by atoms with Crippen molar-refractivity contribution < 1.29 is 14.6 Å². The van der Waals surface area contributed by atoms with Gasteiger partial charge in [-0.3, -0.25) is 4.79 Å². The first kappa shape index (κ1) is 13.2. The molecule has 3 nitrogen and oxygen atoms in total. The van der Waals surface area contributed by atoms with Crippen LogP contribution in [-0.4, -0.2) is 23.8 Å². The molecule has 0 radical (unpaired) electrons. The van der Waals surface area contributed by atoms with Crippen LogP contribution in [0, 0.1) is 5.92 Å². The highest BCUT2D eigenvalue weighted by Crippen LogP contribution is 2.16. The van der Waals surface area contributed by atoms with Crippen LogP contribution >= 0.6 is 0 Å². The summed E-state index contributed by atoms with van der Waals surface area (Å²) in [5.74, 6) is -0.223.